The SMILES string of the molecule is CNC(=O)c1ccc(CN(C)CN2C(=O)N[C@](C)(C3CC3)C2=O)cc1. The van der Waals surface area contributed by atoms with Crippen molar-refractivity contribution in [2.75, 3.05) is 20.8 Å². The quantitative estimate of drug-likeness (QED) is 0.759. The van der Waals surface area contributed by atoms with E-state index in [1.54, 1.807) is 19.2 Å². The highest BCUT2D eigenvalue weighted by Gasteiger charge is 2.56. The molecule has 3 rings (SSSR count). The predicted octanol–water partition coefficient (Wildman–Crippen LogP) is 1.16. The van der Waals surface area contributed by atoms with Gasteiger partial charge in [-0.1, -0.05) is 12.1 Å². The molecule has 0 radical (unpaired) electrons. The number of nitrogens with zero attached hydrogens (tertiary/aromatic N) is 2. The van der Waals surface area contributed by atoms with Crippen molar-refractivity contribution >= 4 is 17.8 Å². The summed E-state index contributed by atoms with van der Waals surface area (Å²) in [7, 11) is 3.46. The maximum absolute atomic E-state index is 12.6. The van der Waals surface area contributed by atoms with Gasteiger partial charge < -0.3 is 10.6 Å². The summed E-state index contributed by atoms with van der Waals surface area (Å²) in [5, 5.41) is 5.44. The van der Waals surface area contributed by atoms with Gasteiger partial charge in [-0.3, -0.25) is 14.5 Å². The minimum absolute atomic E-state index is 0.126. The van der Waals surface area contributed by atoms with Crippen LogP contribution in [0.15, 0.2) is 24.3 Å². The maximum Gasteiger partial charge on any atom is 0.326 e. The van der Waals surface area contributed by atoms with E-state index in [2.05, 4.69) is 10.6 Å². The molecule has 2 aliphatic rings. The molecular formula is C18H24N4O3. The van der Waals surface area contributed by atoms with Gasteiger partial charge in [0, 0.05) is 19.2 Å². The third-order valence-electron chi connectivity index (χ3n) is 4.97. The zero-order valence-corrected chi connectivity index (χ0v) is 14.8. The van der Waals surface area contributed by atoms with Crippen molar-refractivity contribution in [2.45, 2.75) is 31.8 Å². The highest BCUT2D eigenvalue weighted by molar-refractivity contribution is 6.07. The third-order valence-corrected chi connectivity index (χ3v) is 4.97. The number of rotatable bonds is 6. The second kappa shape index (κ2) is 6.48. The molecular weight excluding hydrogens is 320 g/mol. The van der Waals surface area contributed by atoms with E-state index < -0.39 is 5.54 Å². The molecule has 1 saturated heterocycles. The topological polar surface area (TPSA) is 81.8 Å². The van der Waals surface area contributed by atoms with E-state index in [1.165, 1.54) is 4.90 Å². The monoisotopic (exact) mass is 344 g/mol. The minimum Gasteiger partial charge on any atom is -0.355 e. The summed E-state index contributed by atoms with van der Waals surface area (Å²) in [6, 6.07) is 6.96. The summed E-state index contributed by atoms with van der Waals surface area (Å²) in [6.45, 7) is 2.64. The lowest BCUT2D eigenvalue weighted by molar-refractivity contribution is -0.132. The van der Waals surface area contributed by atoms with Crippen LogP contribution in [-0.2, 0) is 11.3 Å². The van der Waals surface area contributed by atoms with Crippen molar-refractivity contribution in [2.24, 2.45) is 5.92 Å². The largest absolute Gasteiger partial charge is 0.355 e. The molecule has 7 nitrogen and oxygen atoms in total. The Morgan fingerprint density at radius 2 is 1.96 bits per heavy atom. The molecule has 2 fully saturated rings. The zero-order valence-electron chi connectivity index (χ0n) is 14.8. The van der Waals surface area contributed by atoms with Crippen LogP contribution in [0.3, 0.4) is 0 Å². The van der Waals surface area contributed by atoms with Crippen molar-refractivity contribution in [3.8, 4) is 0 Å². The summed E-state index contributed by atoms with van der Waals surface area (Å²) in [6.07, 6.45) is 1.98. The first kappa shape index (κ1) is 17.4. The van der Waals surface area contributed by atoms with Crippen molar-refractivity contribution in [3.05, 3.63) is 35.4 Å². The van der Waals surface area contributed by atoms with Gasteiger partial charge >= 0.3 is 6.03 Å². The van der Waals surface area contributed by atoms with Crippen LogP contribution >= 0.6 is 0 Å². The normalized spacial score (nSPS) is 23.1. The summed E-state index contributed by atoms with van der Waals surface area (Å²) < 4.78 is 0. The molecule has 1 aliphatic carbocycles. The van der Waals surface area contributed by atoms with Crippen molar-refractivity contribution in [3.63, 3.8) is 0 Å². The van der Waals surface area contributed by atoms with Crippen molar-refractivity contribution in [1.29, 1.82) is 0 Å². The minimum atomic E-state index is -0.743. The molecule has 1 saturated carbocycles. The second-order valence-corrected chi connectivity index (χ2v) is 7.07. The van der Waals surface area contributed by atoms with Gasteiger partial charge in [-0.05, 0) is 50.4 Å². The van der Waals surface area contributed by atoms with Gasteiger partial charge in [0.25, 0.3) is 11.8 Å². The van der Waals surface area contributed by atoms with E-state index in [9.17, 15) is 14.4 Å². The number of imide groups is 1. The Bertz CT molecular complexity index is 699. The average molecular weight is 344 g/mol. The van der Waals surface area contributed by atoms with Gasteiger partial charge in [-0.2, -0.15) is 0 Å². The van der Waals surface area contributed by atoms with Crippen LogP contribution in [0.4, 0.5) is 4.79 Å². The second-order valence-electron chi connectivity index (χ2n) is 7.07. The zero-order chi connectivity index (χ0) is 18.2. The molecule has 4 amide bonds. The lowest BCUT2D eigenvalue weighted by Crippen LogP contribution is -2.46. The van der Waals surface area contributed by atoms with Crippen LogP contribution in [-0.4, -0.2) is 53.9 Å². The maximum atomic E-state index is 12.6. The van der Waals surface area contributed by atoms with Crippen LogP contribution in [0.25, 0.3) is 0 Å². The van der Waals surface area contributed by atoms with Crippen LogP contribution in [0.5, 0.6) is 0 Å². The Balaban J connectivity index is 1.60. The molecule has 1 aromatic rings. The van der Waals surface area contributed by atoms with E-state index >= 15 is 0 Å². The van der Waals surface area contributed by atoms with E-state index in [4.69, 9.17) is 0 Å². The fourth-order valence-corrected chi connectivity index (χ4v) is 3.29. The molecule has 1 heterocycles. The summed E-state index contributed by atoms with van der Waals surface area (Å²) in [5.41, 5.74) is 0.864. The highest BCUT2D eigenvalue weighted by atomic mass is 16.2. The molecule has 2 N–H and O–H groups in total. The Morgan fingerprint density at radius 3 is 2.52 bits per heavy atom. The lowest BCUT2D eigenvalue weighted by Gasteiger charge is -2.24. The first-order chi connectivity index (χ1) is 11.8. The molecule has 1 atom stereocenters. The first-order valence-corrected chi connectivity index (χ1v) is 8.49. The van der Waals surface area contributed by atoms with Crippen molar-refractivity contribution < 1.29 is 14.4 Å². The lowest BCUT2D eigenvalue weighted by atomic mass is 9.96. The number of nitrogens with one attached hydrogen (secondary N) is 2. The first-order valence-electron chi connectivity index (χ1n) is 8.49. The number of amides is 4. The summed E-state index contributed by atoms with van der Waals surface area (Å²) in [5.74, 6) is -0.00284. The Labute approximate surface area is 147 Å². The molecule has 0 spiro atoms. The molecule has 0 bridgehead atoms. The number of hydrogen-bond donors (Lipinski definition) is 2. The Hall–Kier alpha value is -2.41. The molecule has 7 heteroatoms. The summed E-state index contributed by atoms with van der Waals surface area (Å²) >= 11 is 0. The van der Waals surface area contributed by atoms with Crippen LogP contribution < -0.4 is 10.6 Å². The van der Waals surface area contributed by atoms with Crippen LogP contribution in [0.2, 0.25) is 0 Å². The van der Waals surface area contributed by atoms with E-state index in [0.29, 0.717) is 12.1 Å². The predicted molar refractivity (Wildman–Crippen MR) is 92.7 cm³/mol. The molecule has 0 aromatic heterocycles. The number of carbonyl (C=O) groups excluding carboxylic acids is 3. The number of carbonyl (C=O) groups is 3. The molecule has 134 valence electrons. The van der Waals surface area contributed by atoms with Crippen LogP contribution in [0.1, 0.15) is 35.7 Å². The van der Waals surface area contributed by atoms with Gasteiger partial charge in [0.1, 0.15) is 5.54 Å². The molecule has 1 aromatic carbocycles. The van der Waals surface area contributed by atoms with E-state index in [-0.39, 0.29) is 30.4 Å². The van der Waals surface area contributed by atoms with Gasteiger partial charge in [-0.15, -0.1) is 0 Å². The standard InChI is InChI=1S/C18H24N4O3/c1-18(14-8-9-14)16(24)22(17(25)20-18)11-21(3)10-12-4-6-13(7-5-12)15(23)19-2/h4-7,14H,8-11H2,1-3H3,(H,19,23)(H,20,25)/t18-/m1/s1. The number of urea groups is 1. The smallest absolute Gasteiger partial charge is 0.326 e. The van der Waals surface area contributed by atoms with Crippen LogP contribution in [0, 0.1) is 5.92 Å². The van der Waals surface area contributed by atoms with Gasteiger partial charge in [-0.25, -0.2) is 9.69 Å². The number of hydrogen-bond acceptors (Lipinski definition) is 4. The van der Waals surface area contributed by atoms with E-state index in [0.717, 1.165) is 18.4 Å². The summed E-state index contributed by atoms with van der Waals surface area (Å²) in [4.78, 5) is 39.6. The fourth-order valence-electron chi connectivity index (χ4n) is 3.29. The highest BCUT2D eigenvalue weighted by Crippen LogP contribution is 2.42. The number of benzene rings is 1. The Morgan fingerprint density at radius 1 is 1.32 bits per heavy atom. The van der Waals surface area contributed by atoms with Gasteiger partial charge in [0.05, 0.1) is 6.67 Å². The average Bonchev–Trinajstić information content (AvgIpc) is 3.41. The van der Waals surface area contributed by atoms with Gasteiger partial charge in [0.2, 0.25) is 0 Å². The Kier molecular flexibility index (Phi) is 4.51. The van der Waals surface area contributed by atoms with Crippen molar-refractivity contribution in [1.82, 2.24) is 20.4 Å². The third kappa shape index (κ3) is 3.37. The van der Waals surface area contributed by atoms with Gasteiger partial charge in [0.15, 0.2) is 0 Å². The molecule has 1 aliphatic heterocycles. The van der Waals surface area contributed by atoms with E-state index in [1.807, 2.05) is 31.0 Å². The molecule has 25 heavy (non-hydrogen) atoms. The molecule has 0 unspecified atom stereocenters. The fraction of sp³-hybridized carbons (Fsp3) is 0.500.